The van der Waals surface area contributed by atoms with Gasteiger partial charge in [-0.1, -0.05) is 18.2 Å². The molecule has 0 atom stereocenters. The number of hydrogen-bond acceptors (Lipinski definition) is 4. The van der Waals surface area contributed by atoms with Crippen molar-refractivity contribution >= 4 is 11.0 Å². The van der Waals surface area contributed by atoms with Crippen molar-refractivity contribution in [1.82, 2.24) is 9.55 Å². The molecule has 138 valence electrons. The minimum atomic E-state index is 0.447. The molecule has 5 heteroatoms. The molecule has 1 aromatic carbocycles. The average Bonchev–Trinajstić information content (AvgIpc) is 2.91. The smallest absolute Gasteiger partial charge is 0.147 e. The first-order valence-electron chi connectivity index (χ1n) is 8.94. The Kier molecular flexibility index (Phi) is 5.78. The number of fused-ring (bicyclic) bond motifs is 1. The van der Waals surface area contributed by atoms with Crippen LogP contribution in [0.25, 0.3) is 11.0 Å². The number of hydrogen-bond donors (Lipinski definition) is 0. The van der Waals surface area contributed by atoms with Crippen LogP contribution in [0.4, 0.5) is 0 Å². The molecule has 2 heterocycles. The van der Waals surface area contributed by atoms with Crippen molar-refractivity contribution in [1.29, 1.82) is 0 Å². The van der Waals surface area contributed by atoms with Crippen LogP contribution in [0.5, 0.6) is 11.5 Å². The summed E-state index contributed by atoms with van der Waals surface area (Å²) in [5.74, 6) is 1.69. The highest BCUT2D eigenvalue weighted by molar-refractivity contribution is 5.86. The Labute approximate surface area is 154 Å². The van der Waals surface area contributed by atoms with Gasteiger partial charge in [-0.05, 0) is 32.4 Å². The third-order valence-electron chi connectivity index (χ3n) is 4.63. The van der Waals surface area contributed by atoms with Crippen LogP contribution in [0.3, 0.4) is 0 Å². The Morgan fingerprint density at radius 1 is 1.04 bits per heavy atom. The van der Waals surface area contributed by atoms with Gasteiger partial charge in [-0.15, -0.1) is 0 Å². The van der Waals surface area contributed by atoms with Gasteiger partial charge in [0.2, 0.25) is 0 Å². The van der Waals surface area contributed by atoms with E-state index in [1.165, 1.54) is 11.3 Å². The van der Waals surface area contributed by atoms with Crippen LogP contribution in [-0.2, 0) is 17.9 Å². The molecular formula is C21H26N2O3. The summed E-state index contributed by atoms with van der Waals surface area (Å²) in [6.45, 7) is 8.69. The summed E-state index contributed by atoms with van der Waals surface area (Å²) >= 11 is 0. The Balaban J connectivity index is 1.94. The number of para-hydroxylation sites is 1. The molecule has 0 aliphatic heterocycles. The molecule has 2 aromatic heterocycles. The Morgan fingerprint density at radius 2 is 1.85 bits per heavy atom. The summed E-state index contributed by atoms with van der Waals surface area (Å²) < 4.78 is 19.4. The third kappa shape index (κ3) is 3.53. The maximum absolute atomic E-state index is 6.20. The standard InChI is InChI=1S/C21H26N2O3/c1-5-25-18-9-7-6-8-17(18)14-26-19-10-11-22-20-15(2)16(3)23(21(19)20)12-13-24-4/h6-11H,5,12-14H2,1-4H3. The Bertz CT molecular complexity index is 886. The molecule has 3 aromatic rings. The number of ether oxygens (including phenoxy) is 3. The van der Waals surface area contributed by atoms with E-state index in [1.807, 2.05) is 37.3 Å². The molecule has 0 bridgehead atoms. The largest absolute Gasteiger partial charge is 0.493 e. The topological polar surface area (TPSA) is 45.5 Å². The molecule has 0 spiro atoms. The van der Waals surface area contributed by atoms with Crippen LogP contribution in [0.1, 0.15) is 23.7 Å². The lowest BCUT2D eigenvalue weighted by atomic mass is 10.2. The van der Waals surface area contributed by atoms with Gasteiger partial charge in [-0.2, -0.15) is 0 Å². The molecular weight excluding hydrogens is 328 g/mol. The third-order valence-corrected chi connectivity index (χ3v) is 4.63. The second-order valence-electron chi connectivity index (χ2n) is 6.19. The van der Waals surface area contributed by atoms with Crippen LogP contribution in [0, 0.1) is 13.8 Å². The number of aromatic nitrogens is 2. The lowest BCUT2D eigenvalue weighted by Crippen LogP contribution is -2.07. The monoisotopic (exact) mass is 354 g/mol. The Hall–Kier alpha value is -2.53. The van der Waals surface area contributed by atoms with Crippen molar-refractivity contribution < 1.29 is 14.2 Å². The van der Waals surface area contributed by atoms with E-state index in [1.54, 1.807) is 13.3 Å². The molecule has 0 unspecified atom stereocenters. The molecule has 0 N–H and O–H groups in total. The predicted octanol–water partition coefficient (Wildman–Crippen LogP) is 4.28. The first-order valence-corrected chi connectivity index (χ1v) is 8.94. The van der Waals surface area contributed by atoms with Gasteiger partial charge < -0.3 is 18.8 Å². The van der Waals surface area contributed by atoms with Crippen molar-refractivity contribution in [2.75, 3.05) is 20.3 Å². The Morgan fingerprint density at radius 3 is 2.62 bits per heavy atom. The fourth-order valence-corrected chi connectivity index (χ4v) is 3.17. The van der Waals surface area contributed by atoms with Crippen LogP contribution >= 0.6 is 0 Å². The van der Waals surface area contributed by atoms with Crippen molar-refractivity contribution in [3.63, 3.8) is 0 Å². The van der Waals surface area contributed by atoms with E-state index in [-0.39, 0.29) is 0 Å². The summed E-state index contributed by atoms with van der Waals surface area (Å²) in [5.41, 5.74) is 5.40. The van der Waals surface area contributed by atoms with E-state index in [2.05, 4.69) is 23.4 Å². The van der Waals surface area contributed by atoms with Crippen molar-refractivity contribution in [3.8, 4) is 11.5 Å². The number of methoxy groups -OCH3 is 1. The molecule has 0 amide bonds. The van der Waals surface area contributed by atoms with Crippen LogP contribution in [-0.4, -0.2) is 29.9 Å². The van der Waals surface area contributed by atoms with Gasteiger partial charge in [0.05, 0.1) is 18.7 Å². The fourth-order valence-electron chi connectivity index (χ4n) is 3.17. The van der Waals surface area contributed by atoms with E-state index >= 15 is 0 Å². The summed E-state index contributed by atoms with van der Waals surface area (Å²) in [4.78, 5) is 4.57. The highest BCUT2D eigenvalue weighted by Gasteiger charge is 2.16. The number of pyridine rings is 1. The minimum Gasteiger partial charge on any atom is -0.493 e. The van der Waals surface area contributed by atoms with Gasteiger partial charge >= 0.3 is 0 Å². The number of rotatable bonds is 8. The molecule has 5 nitrogen and oxygen atoms in total. The van der Waals surface area contributed by atoms with Crippen molar-refractivity contribution in [2.45, 2.75) is 33.9 Å². The van der Waals surface area contributed by atoms with Gasteiger partial charge in [-0.3, -0.25) is 4.98 Å². The first kappa shape index (κ1) is 18.3. The predicted molar refractivity (Wildman–Crippen MR) is 103 cm³/mol. The lowest BCUT2D eigenvalue weighted by Gasteiger charge is -2.14. The van der Waals surface area contributed by atoms with Crippen molar-refractivity contribution in [2.24, 2.45) is 0 Å². The SMILES string of the molecule is CCOc1ccccc1COc1ccnc2c(C)c(C)n(CCOC)c12. The van der Waals surface area contributed by atoms with Gasteiger partial charge in [0.25, 0.3) is 0 Å². The van der Waals surface area contributed by atoms with E-state index in [4.69, 9.17) is 14.2 Å². The van der Waals surface area contributed by atoms with Crippen molar-refractivity contribution in [3.05, 3.63) is 53.3 Å². The summed E-state index contributed by atoms with van der Waals surface area (Å²) in [6.07, 6.45) is 1.80. The van der Waals surface area contributed by atoms with Crippen LogP contribution < -0.4 is 9.47 Å². The normalized spacial score (nSPS) is 11.1. The number of nitrogens with zero attached hydrogens (tertiary/aromatic N) is 2. The van der Waals surface area contributed by atoms with Crippen LogP contribution in [0.2, 0.25) is 0 Å². The summed E-state index contributed by atoms with van der Waals surface area (Å²) in [6, 6.07) is 9.90. The molecule has 3 rings (SSSR count). The van der Waals surface area contributed by atoms with Gasteiger partial charge in [-0.25, -0.2) is 0 Å². The number of benzene rings is 1. The molecule has 26 heavy (non-hydrogen) atoms. The second kappa shape index (κ2) is 8.23. The minimum absolute atomic E-state index is 0.447. The zero-order valence-electron chi connectivity index (χ0n) is 15.9. The second-order valence-corrected chi connectivity index (χ2v) is 6.19. The molecule has 0 saturated carbocycles. The summed E-state index contributed by atoms with van der Waals surface area (Å²) in [5, 5.41) is 0. The number of aryl methyl sites for hydroxylation is 1. The highest BCUT2D eigenvalue weighted by atomic mass is 16.5. The van der Waals surface area contributed by atoms with E-state index in [0.29, 0.717) is 19.8 Å². The highest BCUT2D eigenvalue weighted by Crippen LogP contribution is 2.32. The van der Waals surface area contributed by atoms with Gasteiger partial charge in [0, 0.05) is 37.2 Å². The quantitative estimate of drug-likeness (QED) is 0.606. The molecule has 0 radical (unpaired) electrons. The van der Waals surface area contributed by atoms with Crippen LogP contribution in [0.15, 0.2) is 36.5 Å². The fraction of sp³-hybridized carbons (Fsp3) is 0.381. The van der Waals surface area contributed by atoms with E-state index < -0.39 is 0 Å². The summed E-state index contributed by atoms with van der Waals surface area (Å²) in [7, 11) is 1.72. The average molecular weight is 354 g/mol. The molecule has 0 aliphatic rings. The molecule has 0 fully saturated rings. The van der Waals surface area contributed by atoms with Gasteiger partial charge in [0.15, 0.2) is 0 Å². The first-order chi connectivity index (χ1) is 12.7. The zero-order valence-corrected chi connectivity index (χ0v) is 15.9. The lowest BCUT2D eigenvalue weighted by molar-refractivity contribution is 0.187. The molecule has 0 saturated heterocycles. The maximum atomic E-state index is 6.20. The van der Waals surface area contributed by atoms with E-state index in [0.717, 1.165) is 34.6 Å². The van der Waals surface area contributed by atoms with Gasteiger partial charge in [0.1, 0.15) is 23.6 Å². The maximum Gasteiger partial charge on any atom is 0.147 e. The van der Waals surface area contributed by atoms with E-state index in [9.17, 15) is 0 Å². The zero-order chi connectivity index (χ0) is 18.5. The molecule has 0 aliphatic carbocycles.